The van der Waals surface area contributed by atoms with Crippen molar-refractivity contribution in [2.45, 2.75) is 64.3 Å². The average Bonchev–Trinajstić information content (AvgIpc) is 3.09. The van der Waals surface area contributed by atoms with Crippen molar-refractivity contribution in [3.63, 3.8) is 0 Å². The van der Waals surface area contributed by atoms with E-state index in [4.69, 9.17) is 4.74 Å². The molecule has 3 aliphatic rings. The van der Waals surface area contributed by atoms with Crippen molar-refractivity contribution in [2.24, 2.45) is 22.7 Å². The van der Waals surface area contributed by atoms with E-state index >= 15 is 0 Å². The number of allylic oxidation sites excluding steroid dienone is 1. The maximum Gasteiger partial charge on any atom is 0.401 e. The fourth-order valence-corrected chi connectivity index (χ4v) is 6.09. The molecule has 2 aliphatic carbocycles. The highest BCUT2D eigenvalue weighted by molar-refractivity contribution is 5.91. The first-order valence-corrected chi connectivity index (χ1v) is 10.6. The van der Waals surface area contributed by atoms with Gasteiger partial charge in [-0.15, -0.1) is 0 Å². The second kappa shape index (κ2) is 8.28. The number of hydrogen-bond acceptors (Lipinski definition) is 5. The van der Waals surface area contributed by atoms with E-state index in [0.29, 0.717) is 25.7 Å². The zero-order valence-electron chi connectivity index (χ0n) is 17.6. The number of hydrogen-bond donors (Lipinski definition) is 3. The molecule has 0 bridgehead atoms. The van der Waals surface area contributed by atoms with Gasteiger partial charge in [-0.2, -0.15) is 13.2 Å². The zero-order chi connectivity index (χ0) is 22.3. The Morgan fingerprint density at radius 1 is 1.37 bits per heavy atom. The van der Waals surface area contributed by atoms with E-state index in [0.717, 1.165) is 12.0 Å². The molecule has 0 saturated heterocycles. The van der Waals surface area contributed by atoms with Crippen LogP contribution in [-0.4, -0.2) is 54.3 Å². The van der Waals surface area contributed by atoms with Gasteiger partial charge in [0.15, 0.2) is 0 Å². The number of nitrogens with one attached hydrogen (secondary N) is 1. The first-order chi connectivity index (χ1) is 13.9. The fraction of sp³-hybridized carbons (Fsp3) is 0.773. The van der Waals surface area contributed by atoms with Crippen molar-refractivity contribution in [3.8, 4) is 0 Å². The first kappa shape index (κ1) is 23.3. The van der Waals surface area contributed by atoms with E-state index < -0.39 is 36.3 Å². The minimum atomic E-state index is -4.40. The van der Waals surface area contributed by atoms with Crippen LogP contribution in [0.1, 0.15) is 46.0 Å². The Kier molecular flexibility index (Phi) is 6.43. The van der Waals surface area contributed by atoms with Gasteiger partial charge in [0, 0.05) is 11.5 Å². The van der Waals surface area contributed by atoms with Crippen molar-refractivity contribution in [3.05, 3.63) is 23.8 Å². The van der Waals surface area contributed by atoms with E-state index in [1.54, 1.807) is 6.08 Å². The normalized spacial score (nSPS) is 38.1. The number of fused-ring (bicyclic) bond motifs is 1. The molecule has 170 valence electrons. The molecule has 3 N–H and O–H groups in total. The van der Waals surface area contributed by atoms with Crippen molar-refractivity contribution in [1.82, 2.24) is 5.32 Å². The molecular formula is C22H32F3NO4. The second-order valence-electron chi connectivity index (χ2n) is 9.57. The molecule has 1 heterocycles. The number of carbonyl (C=O) groups is 1. The van der Waals surface area contributed by atoms with Gasteiger partial charge in [-0.3, -0.25) is 0 Å². The Balaban J connectivity index is 1.90. The molecule has 0 aromatic carbocycles. The Bertz CT molecular complexity index is 722. The van der Waals surface area contributed by atoms with Crippen LogP contribution in [0.3, 0.4) is 0 Å². The molecule has 2 saturated carbocycles. The van der Waals surface area contributed by atoms with E-state index in [9.17, 15) is 28.2 Å². The lowest BCUT2D eigenvalue weighted by Gasteiger charge is -2.60. The molecule has 30 heavy (non-hydrogen) atoms. The zero-order valence-corrected chi connectivity index (χ0v) is 17.6. The standard InChI is InChI=1S/C22H32F3NO4/c1-13-4-5-17-20(2,8-6-18(28)21(17,3)12-27)15(13)10-16(26-11-22(23,24)25)14-7-9-30-19(14)29/h7,15-18,26-28H,1,4-6,8-12H2,2-3H3/t15?,16?,17?,18-,20-,21+/m1/s1. The monoisotopic (exact) mass is 431 g/mol. The van der Waals surface area contributed by atoms with Crippen LogP contribution in [0, 0.1) is 22.7 Å². The summed E-state index contributed by atoms with van der Waals surface area (Å²) < 4.78 is 43.7. The summed E-state index contributed by atoms with van der Waals surface area (Å²) in [7, 11) is 0. The van der Waals surface area contributed by atoms with Gasteiger partial charge in [0.05, 0.1) is 24.8 Å². The minimum absolute atomic E-state index is 0.00188. The van der Waals surface area contributed by atoms with Gasteiger partial charge in [0.25, 0.3) is 0 Å². The molecule has 3 unspecified atom stereocenters. The largest absolute Gasteiger partial charge is 0.458 e. The van der Waals surface area contributed by atoms with Gasteiger partial charge in [-0.05, 0) is 55.4 Å². The van der Waals surface area contributed by atoms with Crippen molar-refractivity contribution in [2.75, 3.05) is 19.8 Å². The molecule has 2 fully saturated rings. The molecular weight excluding hydrogens is 399 g/mol. The van der Waals surface area contributed by atoms with Crippen LogP contribution in [0.5, 0.6) is 0 Å². The van der Waals surface area contributed by atoms with Crippen LogP contribution in [0.2, 0.25) is 0 Å². The van der Waals surface area contributed by atoms with Gasteiger partial charge in [0.2, 0.25) is 0 Å². The van der Waals surface area contributed by atoms with Crippen LogP contribution < -0.4 is 5.32 Å². The van der Waals surface area contributed by atoms with Gasteiger partial charge < -0.3 is 20.3 Å². The van der Waals surface area contributed by atoms with Crippen LogP contribution in [0.25, 0.3) is 0 Å². The Morgan fingerprint density at radius 2 is 2.07 bits per heavy atom. The average molecular weight is 431 g/mol. The first-order valence-electron chi connectivity index (χ1n) is 10.6. The molecule has 0 aromatic rings. The Morgan fingerprint density at radius 3 is 2.63 bits per heavy atom. The summed E-state index contributed by atoms with van der Waals surface area (Å²) in [6.07, 6.45) is -0.535. The number of aliphatic hydroxyl groups is 2. The van der Waals surface area contributed by atoms with Gasteiger partial charge >= 0.3 is 12.1 Å². The summed E-state index contributed by atoms with van der Waals surface area (Å²) in [6.45, 7) is 6.92. The predicted octanol–water partition coefficient (Wildman–Crippen LogP) is 3.12. The number of aliphatic hydroxyl groups excluding tert-OH is 2. The van der Waals surface area contributed by atoms with Crippen LogP contribution >= 0.6 is 0 Å². The molecule has 5 nitrogen and oxygen atoms in total. The summed E-state index contributed by atoms with van der Waals surface area (Å²) in [6, 6.07) is -0.800. The van der Waals surface area contributed by atoms with E-state index in [1.165, 1.54) is 0 Å². The maximum atomic E-state index is 12.9. The SMILES string of the molecule is C=C1CCC2[C@](C)(CC[C@@H](O)[C@@]2(C)CO)C1CC(NCC(F)(F)F)C1=CCOC1=O. The topological polar surface area (TPSA) is 78.8 Å². The fourth-order valence-electron chi connectivity index (χ4n) is 6.09. The highest BCUT2D eigenvalue weighted by Crippen LogP contribution is 2.61. The van der Waals surface area contributed by atoms with E-state index in [-0.39, 0.29) is 36.0 Å². The van der Waals surface area contributed by atoms with Crippen molar-refractivity contribution < 1.29 is 32.9 Å². The Labute approximate surface area is 175 Å². The molecule has 0 amide bonds. The van der Waals surface area contributed by atoms with Crippen LogP contribution in [0.4, 0.5) is 13.2 Å². The minimum Gasteiger partial charge on any atom is -0.458 e. The number of alkyl halides is 3. The third-order valence-electron chi connectivity index (χ3n) is 7.84. The van der Waals surface area contributed by atoms with E-state index in [1.807, 2.05) is 6.92 Å². The van der Waals surface area contributed by atoms with Crippen LogP contribution in [0.15, 0.2) is 23.8 Å². The molecule has 6 atom stereocenters. The molecule has 0 spiro atoms. The van der Waals surface area contributed by atoms with Crippen molar-refractivity contribution in [1.29, 1.82) is 0 Å². The number of carbonyl (C=O) groups excluding carboxylic acids is 1. The van der Waals surface area contributed by atoms with Crippen molar-refractivity contribution >= 4 is 5.97 Å². The molecule has 1 aliphatic heterocycles. The smallest absolute Gasteiger partial charge is 0.401 e. The predicted molar refractivity (Wildman–Crippen MR) is 105 cm³/mol. The van der Waals surface area contributed by atoms with Crippen LogP contribution in [-0.2, 0) is 9.53 Å². The Hall–Kier alpha value is -1.38. The lowest BCUT2D eigenvalue weighted by Crippen LogP contribution is -2.58. The summed E-state index contributed by atoms with van der Waals surface area (Å²) in [4.78, 5) is 12.1. The summed E-state index contributed by atoms with van der Waals surface area (Å²) in [5.41, 5.74) is 0.175. The third-order valence-corrected chi connectivity index (χ3v) is 7.84. The van der Waals surface area contributed by atoms with E-state index in [2.05, 4.69) is 18.8 Å². The molecule has 0 radical (unpaired) electrons. The molecule has 3 rings (SSSR count). The highest BCUT2D eigenvalue weighted by atomic mass is 19.4. The second-order valence-corrected chi connectivity index (χ2v) is 9.57. The summed E-state index contributed by atoms with van der Waals surface area (Å²) >= 11 is 0. The number of halogens is 3. The summed E-state index contributed by atoms with van der Waals surface area (Å²) in [5, 5.41) is 23.2. The van der Waals surface area contributed by atoms with Gasteiger partial charge in [-0.25, -0.2) is 4.79 Å². The third kappa shape index (κ3) is 4.18. The molecule has 8 heteroatoms. The lowest BCUT2D eigenvalue weighted by molar-refractivity contribution is -0.153. The highest BCUT2D eigenvalue weighted by Gasteiger charge is 2.58. The lowest BCUT2D eigenvalue weighted by atomic mass is 9.46. The summed E-state index contributed by atoms with van der Waals surface area (Å²) in [5.74, 6) is -0.728. The van der Waals surface area contributed by atoms with Gasteiger partial charge in [-0.1, -0.05) is 26.0 Å². The number of ether oxygens (including phenoxy) is 1. The quantitative estimate of drug-likeness (QED) is 0.445. The number of cyclic esters (lactones) is 1. The maximum absolute atomic E-state index is 12.9. The number of esters is 1. The number of rotatable bonds is 6. The molecule has 0 aromatic heterocycles. The van der Waals surface area contributed by atoms with Gasteiger partial charge in [0.1, 0.15) is 6.61 Å².